The molecular weight excluding hydrogens is 376 g/mol. The van der Waals surface area contributed by atoms with Crippen LogP contribution in [-0.4, -0.2) is 25.0 Å². The molecule has 2 aromatic carbocycles. The molecule has 0 aliphatic rings. The van der Waals surface area contributed by atoms with Gasteiger partial charge in [-0.25, -0.2) is 0 Å². The highest BCUT2D eigenvalue weighted by molar-refractivity contribution is 6.30. The summed E-state index contributed by atoms with van der Waals surface area (Å²) < 4.78 is 5.18. The van der Waals surface area contributed by atoms with Gasteiger partial charge in [-0.05, 0) is 54.3 Å². The van der Waals surface area contributed by atoms with Crippen LogP contribution in [0.15, 0.2) is 48.5 Å². The van der Waals surface area contributed by atoms with Crippen LogP contribution in [-0.2, 0) is 4.79 Å². The molecule has 6 heteroatoms. The Hall–Kier alpha value is -2.53. The molecule has 2 N–H and O–H groups in total. The van der Waals surface area contributed by atoms with E-state index in [1.165, 1.54) is 0 Å². The summed E-state index contributed by atoms with van der Waals surface area (Å²) in [5.74, 6) is 0.188. The highest BCUT2D eigenvalue weighted by Crippen LogP contribution is 2.21. The summed E-state index contributed by atoms with van der Waals surface area (Å²) in [5, 5.41) is 6.44. The molecule has 0 fully saturated rings. The highest BCUT2D eigenvalue weighted by atomic mass is 35.5. The number of halogens is 1. The Kier molecular flexibility index (Phi) is 7.88. The van der Waals surface area contributed by atoms with E-state index in [-0.39, 0.29) is 23.8 Å². The largest absolute Gasteiger partial charge is 0.497 e. The Labute approximate surface area is 171 Å². The number of rotatable bonds is 8. The van der Waals surface area contributed by atoms with Crippen molar-refractivity contribution in [2.24, 2.45) is 5.92 Å². The number of carbonyl (C=O) groups is 2. The zero-order valence-corrected chi connectivity index (χ0v) is 17.4. The van der Waals surface area contributed by atoms with Gasteiger partial charge in [0.1, 0.15) is 11.8 Å². The second kappa shape index (κ2) is 10.1. The minimum atomic E-state index is -0.643. The number of methoxy groups -OCH3 is 1. The Morgan fingerprint density at radius 1 is 1.00 bits per heavy atom. The number of amides is 2. The van der Waals surface area contributed by atoms with Gasteiger partial charge in [0.05, 0.1) is 13.2 Å². The SMILES string of the molecule is CCC(NC(=O)[C@@H](NC(=O)c1ccc(Cl)cc1)C(C)C)c1ccc(OC)cc1. The summed E-state index contributed by atoms with van der Waals surface area (Å²) >= 11 is 5.87. The van der Waals surface area contributed by atoms with Crippen LogP contribution in [0.1, 0.15) is 49.2 Å². The lowest BCUT2D eigenvalue weighted by molar-refractivity contribution is -0.124. The van der Waals surface area contributed by atoms with Gasteiger partial charge in [0.2, 0.25) is 5.91 Å². The third kappa shape index (κ3) is 5.73. The summed E-state index contributed by atoms with van der Waals surface area (Å²) in [6.45, 7) is 5.81. The fourth-order valence-electron chi connectivity index (χ4n) is 2.88. The van der Waals surface area contributed by atoms with E-state index in [2.05, 4.69) is 10.6 Å². The maximum absolute atomic E-state index is 12.9. The lowest BCUT2D eigenvalue weighted by Gasteiger charge is -2.25. The molecule has 0 saturated heterocycles. The van der Waals surface area contributed by atoms with Gasteiger partial charge >= 0.3 is 0 Å². The van der Waals surface area contributed by atoms with Gasteiger partial charge in [-0.1, -0.05) is 44.5 Å². The first-order valence-corrected chi connectivity index (χ1v) is 9.74. The molecule has 0 bridgehead atoms. The fraction of sp³-hybridized carbons (Fsp3) is 0.364. The Morgan fingerprint density at radius 2 is 1.61 bits per heavy atom. The predicted octanol–water partition coefficient (Wildman–Crippen LogP) is 4.37. The summed E-state index contributed by atoms with van der Waals surface area (Å²) in [6.07, 6.45) is 0.730. The summed E-state index contributed by atoms with van der Waals surface area (Å²) in [6, 6.07) is 13.4. The van der Waals surface area contributed by atoms with Gasteiger partial charge in [0, 0.05) is 10.6 Å². The molecule has 0 spiro atoms. The van der Waals surface area contributed by atoms with E-state index in [0.717, 1.165) is 17.7 Å². The molecule has 2 aromatic rings. The van der Waals surface area contributed by atoms with Gasteiger partial charge in [-0.3, -0.25) is 9.59 Å². The zero-order valence-electron chi connectivity index (χ0n) is 16.7. The molecular formula is C22H27ClN2O3. The minimum absolute atomic E-state index is 0.0652. The maximum Gasteiger partial charge on any atom is 0.251 e. The minimum Gasteiger partial charge on any atom is -0.497 e. The summed E-state index contributed by atoms with van der Waals surface area (Å²) in [4.78, 5) is 25.4. The highest BCUT2D eigenvalue weighted by Gasteiger charge is 2.26. The second-order valence-corrected chi connectivity index (χ2v) is 7.38. The molecule has 2 amide bonds. The second-order valence-electron chi connectivity index (χ2n) is 6.94. The fourth-order valence-corrected chi connectivity index (χ4v) is 3.01. The average molecular weight is 403 g/mol. The number of carbonyl (C=O) groups excluding carboxylic acids is 2. The van der Waals surface area contributed by atoms with E-state index in [4.69, 9.17) is 16.3 Å². The van der Waals surface area contributed by atoms with Crippen LogP contribution in [0, 0.1) is 5.92 Å². The number of ether oxygens (including phenoxy) is 1. The van der Waals surface area contributed by atoms with Crippen molar-refractivity contribution >= 4 is 23.4 Å². The smallest absolute Gasteiger partial charge is 0.251 e. The van der Waals surface area contributed by atoms with E-state index in [9.17, 15) is 9.59 Å². The Bertz CT molecular complexity index is 788. The lowest BCUT2D eigenvalue weighted by Crippen LogP contribution is -2.50. The summed E-state index contributed by atoms with van der Waals surface area (Å²) in [7, 11) is 1.62. The van der Waals surface area contributed by atoms with Crippen LogP contribution in [0.25, 0.3) is 0 Å². The van der Waals surface area contributed by atoms with Crippen molar-refractivity contribution in [2.75, 3.05) is 7.11 Å². The van der Waals surface area contributed by atoms with Gasteiger partial charge in [0.25, 0.3) is 5.91 Å². The van der Waals surface area contributed by atoms with Crippen LogP contribution in [0.4, 0.5) is 0 Å². The molecule has 0 radical (unpaired) electrons. The van der Waals surface area contributed by atoms with Gasteiger partial charge in [-0.15, -0.1) is 0 Å². The van der Waals surface area contributed by atoms with Crippen molar-refractivity contribution in [3.8, 4) is 5.75 Å². The number of hydrogen-bond acceptors (Lipinski definition) is 3. The van der Waals surface area contributed by atoms with E-state index >= 15 is 0 Å². The third-order valence-corrected chi connectivity index (χ3v) is 4.84. The van der Waals surface area contributed by atoms with Crippen LogP contribution in [0.2, 0.25) is 5.02 Å². The van der Waals surface area contributed by atoms with E-state index in [1.807, 2.05) is 45.0 Å². The quantitative estimate of drug-likeness (QED) is 0.688. The van der Waals surface area contributed by atoms with Crippen LogP contribution in [0.3, 0.4) is 0 Å². The maximum atomic E-state index is 12.9. The van der Waals surface area contributed by atoms with E-state index < -0.39 is 6.04 Å². The van der Waals surface area contributed by atoms with Gasteiger partial charge in [0.15, 0.2) is 0 Å². The normalized spacial score (nSPS) is 12.9. The first-order chi connectivity index (χ1) is 13.3. The number of hydrogen-bond donors (Lipinski definition) is 2. The topological polar surface area (TPSA) is 67.4 Å². The molecule has 0 aromatic heterocycles. The predicted molar refractivity (Wildman–Crippen MR) is 112 cm³/mol. The number of nitrogens with one attached hydrogen (secondary N) is 2. The first kappa shape index (κ1) is 21.8. The van der Waals surface area contributed by atoms with E-state index in [1.54, 1.807) is 31.4 Å². The third-order valence-electron chi connectivity index (χ3n) is 4.59. The van der Waals surface area contributed by atoms with Crippen molar-refractivity contribution in [3.63, 3.8) is 0 Å². The molecule has 5 nitrogen and oxygen atoms in total. The van der Waals surface area contributed by atoms with Crippen molar-refractivity contribution in [3.05, 3.63) is 64.7 Å². The molecule has 0 aliphatic heterocycles. The molecule has 0 saturated carbocycles. The average Bonchev–Trinajstić information content (AvgIpc) is 2.70. The molecule has 2 atom stereocenters. The molecule has 0 heterocycles. The van der Waals surface area contributed by atoms with E-state index in [0.29, 0.717) is 10.6 Å². The van der Waals surface area contributed by atoms with Crippen LogP contribution < -0.4 is 15.4 Å². The van der Waals surface area contributed by atoms with Crippen molar-refractivity contribution in [1.29, 1.82) is 0 Å². The zero-order chi connectivity index (χ0) is 20.7. The van der Waals surface area contributed by atoms with Crippen molar-refractivity contribution < 1.29 is 14.3 Å². The monoisotopic (exact) mass is 402 g/mol. The molecule has 150 valence electrons. The van der Waals surface area contributed by atoms with Gasteiger partial charge < -0.3 is 15.4 Å². The Balaban J connectivity index is 2.09. The number of benzene rings is 2. The lowest BCUT2D eigenvalue weighted by atomic mass is 10.00. The first-order valence-electron chi connectivity index (χ1n) is 9.36. The molecule has 1 unspecified atom stereocenters. The standard InChI is InChI=1S/C22H27ClN2O3/c1-5-19(15-8-12-18(28-4)13-9-15)24-22(27)20(14(2)3)25-21(26)16-6-10-17(23)11-7-16/h6-14,19-20H,5H2,1-4H3,(H,24,27)(H,25,26)/t19?,20-/m0/s1. The molecule has 0 aliphatic carbocycles. The van der Waals surface area contributed by atoms with Crippen molar-refractivity contribution in [2.45, 2.75) is 39.3 Å². The van der Waals surface area contributed by atoms with Crippen LogP contribution >= 0.6 is 11.6 Å². The van der Waals surface area contributed by atoms with Gasteiger partial charge in [-0.2, -0.15) is 0 Å². The molecule has 28 heavy (non-hydrogen) atoms. The van der Waals surface area contributed by atoms with Crippen molar-refractivity contribution in [1.82, 2.24) is 10.6 Å². The molecule has 2 rings (SSSR count). The Morgan fingerprint density at radius 3 is 2.11 bits per heavy atom. The van der Waals surface area contributed by atoms with Crippen LogP contribution in [0.5, 0.6) is 5.75 Å². The summed E-state index contributed by atoms with van der Waals surface area (Å²) in [5.41, 5.74) is 1.45.